The fourth-order valence-corrected chi connectivity index (χ4v) is 3.00. The molecule has 0 aliphatic heterocycles. The second-order valence-electron chi connectivity index (χ2n) is 6.05. The van der Waals surface area contributed by atoms with Crippen molar-refractivity contribution < 1.29 is 27.8 Å². The molecule has 0 radical (unpaired) electrons. The first-order chi connectivity index (χ1) is 11.8. The summed E-state index contributed by atoms with van der Waals surface area (Å²) in [5.74, 6) is -0.987. The average molecular weight is 381 g/mol. The number of hydrogen-bond donors (Lipinski definition) is 2. The smallest absolute Gasteiger partial charge is 0.417 e. The Kier molecular flexibility index (Phi) is 6.89. The minimum Gasteiger partial charge on any atom is -0.481 e. The molecule has 1 fully saturated rings. The Balaban J connectivity index is 1.66. The highest BCUT2D eigenvalue weighted by Crippen LogP contribution is 2.33. The molecule has 25 heavy (non-hydrogen) atoms. The van der Waals surface area contributed by atoms with E-state index in [1.54, 1.807) is 0 Å². The molecule has 1 saturated carbocycles. The zero-order valence-electron chi connectivity index (χ0n) is 13.5. The summed E-state index contributed by atoms with van der Waals surface area (Å²) in [6.07, 6.45) is -0.158. The fraction of sp³-hybridized carbons (Fsp3) is 0.625. The monoisotopic (exact) mass is 380 g/mol. The van der Waals surface area contributed by atoms with Crippen molar-refractivity contribution in [2.75, 3.05) is 13.2 Å². The number of aromatic nitrogens is 1. The van der Waals surface area contributed by atoms with Gasteiger partial charge in [0.25, 0.3) is 0 Å². The van der Waals surface area contributed by atoms with Crippen LogP contribution in [0.5, 0.6) is 5.88 Å². The summed E-state index contributed by atoms with van der Waals surface area (Å²) < 4.78 is 42.9. The first-order valence-corrected chi connectivity index (χ1v) is 8.47. The minimum absolute atomic E-state index is 0.0170. The second-order valence-corrected chi connectivity index (χ2v) is 6.46. The van der Waals surface area contributed by atoms with Crippen LogP contribution < -0.4 is 10.1 Å². The molecule has 1 aromatic heterocycles. The van der Waals surface area contributed by atoms with Crippen LogP contribution in [0.15, 0.2) is 12.3 Å². The molecule has 0 spiro atoms. The van der Waals surface area contributed by atoms with E-state index in [1.165, 1.54) is 0 Å². The SMILES string of the molecule is O=C(O)C1CCC(NCCCOc2ncc(C(F)(F)F)cc2Cl)CC1. The van der Waals surface area contributed by atoms with Crippen molar-refractivity contribution in [3.8, 4) is 5.88 Å². The zero-order valence-corrected chi connectivity index (χ0v) is 14.2. The molecule has 0 saturated heterocycles. The topological polar surface area (TPSA) is 71.5 Å². The van der Waals surface area contributed by atoms with Crippen molar-refractivity contribution in [2.45, 2.75) is 44.3 Å². The third-order valence-electron chi connectivity index (χ3n) is 4.20. The molecule has 0 bridgehead atoms. The standard InChI is InChI=1S/C16H20ClF3N2O3/c17-13-8-11(16(18,19)20)9-22-14(13)25-7-1-6-21-12-4-2-10(3-5-12)15(23)24/h8-10,12,21H,1-7H2,(H,23,24). The Hall–Kier alpha value is -1.54. The van der Waals surface area contributed by atoms with Gasteiger partial charge >= 0.3 is 12.1 Å². The molecule has 1 aromatic rings. The number of halogens is 4. The Morgan fingerprint density at radius 2 is 2.04 bits per heavy atom. The van der Waals surface area contributed by atoms with Crippen LogP contribution in [-0.4, -0.2) is 35.3 Å². The highest BCUT2D eigenvalue weighted by Gasteiger charge is 2.31. The first kappa shape index (κ1) is 19.8. The van der Waals surface area contributed by atoms with Crippen LogP contribution in [0.2, 0.25) is 5.02 Å². The van der Waals surface area contributed by atoms with E-state index in [9.17, 15) is 18.0 Å². The number of carbonyl (C=O) groups is 1. The average Bonchev–Trinajstić information content (AvgIpc) is 2.55. The fourth-order valence-electron chi connectivity index (χ4n) is 2.78. The van der Waals surface area contributed by atoms with Crippen molar-refractivity contribution in [2.24, 2.45) is 5.92 Å². The van der Waals surface area contributed by atoms with Gasteiger partial charge in [-0.2, -0.15) is 13.2 Å². The minimum atomic E-state index is -4.49. The zero-order chi connectivity index (χ0) is 18.4. The lowest BCUT2D eigenvalue weighted by Crippen LogP contribution is -2.35. The second kappa shape index (κ2) is 8.71. The molecule has 1 heterocycles. The van der Waals surface area contributed by atoms with Gasteiger partial charge in [0, 0.05) is 12.2 Å². The third-order valence-corrected chi connectivity index (χ3v) is 4.47. The number of rotatable bonds is 7. The van der Waals surface area contributed by atoms with Gasteiger partial charge in [-0.15, -0.1) is 0 Å². The van der Waals surface area contributed by atoms with E-state index < -0.39 is 17.7 Å². The van der Waals surface area contributed by atoms with E-state index in [0.717, 1.165) is 18.9 Å². The van der Waals surface area contributed by atoms with Crippen LogP contribution in [0.25, 0.3) is 0 Å². The van der Waals surface area contributed by atoms with Crippen LogP contribution in [0.4, 0.5) is 13.2 Å². The highest BCUT2D eigenvalue weighted by atomic mass is 35.5. The lowest BCUT2D eigenvalue weighted by Gasteiger charge is -2.26. The van der Waals surface area contributed by atoms with Crippen molar-refractivity contribution >= 4 is 17.6 Å². The van der Waals surface area contributed by atoms with E-state index in [-0.39, 0.29) is 23.4 Å². The number of carboxylic acids is 1. The van der Waals surface area contributed by atoms with Gasteiger partial charge < -0.3 is 15.2 Å². The van der Waals surface area contributed by atoms with Crippen molar-refractivity contribution in [1.29, 1.82) is 0 Å². The van der Waals surface area contributed by atoms with Crippen molar-refractivity contribution in [3.05, 3.63) is 22.8 Å². The first-order valence-electron chi connectivity index (χ1n) is 8.09. The summed E-state index contributed by atoms with van der Waals surface area (Å²) >= 11 is 5.76. The van der Waals surface area contributed by atoms with Crippen molar-refractivity contribution in [1.82, 2.24) is 10.3 Å². The maximum absolute atomic E-state index is 12.5. The molecule has 1 aliphatic carbocycles. The molecule has 0 atom stereocenters. The Morgan fingerprint density at radius 3 is 2.60 bits per heavy atom. The Labute approximate surface area is 148 Å². The normalized spacial score (nSPS) is 21.1. The number of nitrogens with zero attached hydrogens (tertiary/aromatic N) is 1. The van der Waals surface area contributed by atoms with Crippen LogP contribution in [-0.2, 0) is 11.0 Å². The maximum atomic E-state index is 12.5. The number of aliphatic carboxylic acids is 1. The van der Waals surface area contributed by atoms with Crippen LogP contribution >= 0.6 is 11.6 Å². The molecule has 140 valence electrons. The van der Waals surface area contributed by atoms with E-state index in [2.05, 4.69) is 10.3 Å². The Bertz CT molecular complexity index is 590. The van der Waals surface area contributed by atoms with E-state index in [4.69, 9.17) is 21.4 Å². The van der Waals surface area contributed by atoms with Crippen molar-refractivity contribution in [3.63, 3.8) is 0 Å². The predicted octanol–water partition coefficient (Wildman–Crippen LogP) is 3.76. The van der Waals surface area contributed by atoms with E-state index in [1.807, 2.05) is 0 Å². The largest absolute Gasteiger partial charge is 0.481 e. The van der Waals surface area contributed by atoms with Gasteiger partial charge in [-0.25, -0.2) is 4.98 Å². The summed E-state index contributed by atoms with van der Waals surface area (Å²) in [5, 5.41) is 12.1. The summed E-state index contributed by atoms with van der Waals surface area (Å²) in [4.78, 5) is 14.5. The molecule has 1 aliphatic rings. The third kappa shape index (κ3) is 6.04. The lowest BCUT2D eigenvalue weighted by atomic mass is 9.86. The molecule has 0 aromatic carbocycles. The Morgan fingerprint density at radius 1 is 1.36 bits per heavy atom. The predicted molar refractivity (Wildman–Crippen MR) is 85.7 cm³/mol. The molecule has 9 heteroatoms. The summed E-state index contributed by atoms with van der Waals surface area (Å²) in [5.41, 5.74) is -0.913. The highest BCUT2D eigenvalue weighted by molar-refractivity contribution is 6.31. The van der Waals surface area contributed by atoms with Gasteiger partial charge in [0.1, 0.15) is 5.02 Å². The van der Waals surface area contributed by atoms with Gasteiger partial charge in [0.05, 0.1) is 18.1 Å². The van der Waals surface area contributed by atoms with Crippen LogP contribution in [0.1, 0.15) is 37.7 Å². The van der Waals surface area contributed by atoms with Crippen LogP contribution in [0.3, 0.4) is 0 Å². The molecule has 5 nitrogen and oxygen atoms in total. The van der Waals surface area contributed by atoms with Gasteiger partial charge in [-0.05, 0) is 44.7 Å². The van der Waals surface area contributed by atoms with Gasteiger partial charge in [0.2, 0.25) is 5.88 Å². The summed E-state index contributed by atoms with van der Waals surface area (Å²) in [7, 11) is 0. The number of nitrogens with one attached hydrogen (secondary N) is 1. The molecule has 0 amide bonds. The number of alkyl halides is 3. The lowest BCUT2D eigenvalue weighted by molar-refractivity contribution is -0.143. The van der Waals surface area contributed by atoms with Gasteiger partial charge in [-0.1, -0.05) is 11.6 Å². The molecule has 0 unspecified atom stereocenters. The molecular weight excluding hydrogens is 361 g/mol. The van der Waals surface area contributed by atoms with E-state index >= 15 is 0 Å². The quantitative estimate of drug-likeness (QED) is 0.705. The number of carboxylic acid groups (broad SMARTS) is 1. The summed E-state index contributed by atoms with van der Waals surface area (Å²) in [6.45, 7) is 0.941. The number of pyridine rings is 1. The molecular formula is C16H20ClF3N2O3. The number of hydrogen-bond acceptors (Lipinski definition) is 4. The van der Waals surface area contributed by atoms with Gasteiger partial charge in [0.15, 0.2) is 0 Å². The summed E-state index contributed by atoms with van der Waals surface area (Å²) in [6, 6.07) is 1.09. The number of ether oxygens (including phenoxy) is 1. The van der Waals surface area contributed by atoms with Crippen LogP contribution in [0, 0.1) is 5.92 Å². The van der Waals surface area contributed by atoms with E-state index in [0.29, 0.717) is 38.0 Å². The molecule has 2 rings (SSSR count). The maximum Gasteiger partial charge on any atom is 0.417 e. The molecule has 2 N–H and O–H groups in total. The van der Waals surface area contributed by atoms with Gasteiger partial charge in [-0.3, -0.25) is 4.79 Å².